The van der Waals surface area contributed by atoms with Gasteiger partial charge in [-0.25, -0.2) is 0 Å². The van der Waals surface area contributed by atoms with Gasteiger partial charge in [0.1, 0.15) is 11.5 Å². The second kappa shape index (κ2) is 6.58. The van der Waals surface area contributed by atoms with Crippen molar-refractivity contribution in [3.63, 3.8) is 0 Å². The number of likely N-dealkylation sites (tertiary alicyclic amines) is 1. The monoisotopic (exact) mass is 264 g/mol. The molecular weight excluding hydrogens is 236 g/mol. The lowest BCUT2D eigenvalue weighted by molar-refractivity contribution is 0.269. The molecule has 1 fully saturated rings. The van der Waals surface area contributed by atoms with E-state index in [1.54, 1.807) is 0 Å². The van der Waals surface area contributed by atoms with E-state index in [9.17, 15) is 0 Å². The number of hydrogen-bond donors (Lipinski definition) is 1. The molecule has 0 aromatic carbocycles. The van der Waals surface area contributed by atoms with Gasteiger partial charge in [-0.2, -0.15) is 0 Å². The highest BCUT2D eigenvalue weighted by Gasteiger charge is 2.25. The Bertz CT molecular complexity index is 384. The zero-order chi connectivity index (χ0) is 13.8. The maximum atomic E-state index is 5.89. The SMILES string of the molecule is CC(C)NCc1ccc(CN2CCC(C(C)C)C2)o1. The van der Waals surface area contributed by atoms with Crippen LogP contribution in [0.5, 0.6) is 0 Å². The van der Waals surface area contributed by atoms with E-state index in [-0.39, 0.29) is 0 Å². The Kier molecular flexibility index (Phi) is 5.06. The first kappa shape index (κ1) is 14.6. The minimum atomic E-state index is 0.499. The molecule has 3 heteroatoms. The van der Waals surface area contributed by atoms with Gasteiger partial charge in [-0.05, 0) is 36.9 Å². The largest absolute Gasteiger partial charge is 0.463 e. The van der Waals surface area contributed by atoms with Crippen LogP contribution < -0.4 is 5.32 Å². The standard InChI is InChI=1S/C16H28N2O/c1-12(2)14-7-8-18(10-14)11-16-6-5-15(19-16)9-17-13(3)4/h5-6,12-14,17H,7-11H2,1-4H3. The summed E-state index contributed by atoms with van der Waals surface area (Å²) < 4.78 is 5.89. The molecule has 0 spiro atoms. The van der Waals surface area contributed by atoms with Crippen molar-refractivity contribution in [1.29, 1.82) is 0 Å². The van der Waals surface area contributed by atoms with E-state index in [1.807, 2.05) is 0 Å². The van der Waals surface area contributed by atoms with Gasteiger partial charge in [0.05, 0.1) is 13.1 Å². The van der Waals surface area contributed by atoms with Crippen LogP contribution in [0.1, 0.15) is 45.6 Å². The molecule has 0 saturated carbocycles. The van der Waals surface area contributed by atoms with Crippen LogP contribution in [0.25, 0.3) is 0 Å². The van der Waals surface area contributed by atoms with Gasteiger partial charge in [-0.3, -0.25) is 4.90 Å². The van der Waals surface area contributed by atoms with Crippen LogP contribution in [0.2, 0.25) is 0 Å². The highest BCUT2D eigenvalue weighted by atomic mass is 16.3. The fourth-order valence-electron chi connectivity index (χ4n) is 2.68. The van der Waals surface area contributed by atoms with Gasteiger partial charge in [-0.15, -0.1) is 0 Å². The van der Waals surface area contributed by atoms with Crippen LogP contribution in [-0.2, 0) is 13.1 Å². The highest BCUT2D eigenvalue weighted by molar-refractivity contribution is 5.07. The lowest BCUT2D eigenvalue weighted by atomic mass is 9.95. The topological polar surface area (TPSA) is 28.4 Å². The molecule has 0 amide bonds. The number of nitrogens with zero attached hydrogens (tertiary/aromatic N) is 1. The first-order valence-electron chi connectivity index (χ1n) is 7.58. The van der Waals surface area contributed by atoms with Crippen molar-refractivity contribution in [2.24, 2.45) is 11.8 Å². The zero-order valence-electron chi connectivity index (χ0n) is 12.8. The van der Waals surface area contributed by atoms with Crippen molar-refractivity contribution in [2.75, 3.05) is 13.1 Å². The van der Waals surface area contributed by atoms with E-state index in [4.69, 9.17) is 4.42 Å². The second-order valence-electron chi connectivity index (χ2n) is 6.43. The third kappa shape index (κ3) is 4.36. The molecule has 0 aliphatic carbocycles. The van der Waals surface area contributed by atoms with Crippen molar-refractivity contribution >= 4 is 0 Å². The van der Waals surface area contributed by atoms with Crippen LogP contribution in [0.4, 0.5) is 0 Å². The quantitative estimate of drug-likeness (QED) is 0.855. The van der Waals surface area contributed by atoms with Gasteiger partial charge in [-0.1, -0.05) is 27.7 Å². The Morgan fingerprint density at radius 3 is 2.63 bits per heavy atom. The molecule has 108 valence electrons. The molecule has 1 unspecified atom stereocenters. The van der Waals surface area contributed by atoms with E-state index in [2.05, 4.69) is 50.0 Å². The number of nitrogens with one attached hydrogen (secondary N) is 1. The van der Waals surface area contributed by atoms with Crippen LogP contribution in [0, 0.1) is 11.8 Å². The van der Waals surface area contributed by atoms with Crippen molar-refractivity contribution < 1.29 is 4.42 Å². The van der Waals surface area contributed by atoms with Crippen LogP contribution in [-0.4, -0.2) is 24.0 Å². The summed E-state index contributed by atoms with van der Waals surface area (Å²) in [6.07, 6.45) is 1.33. The van der Waals surface area contributed by atoms with E-state index in [1.165, 1.54) is 19.5 Å². The van der Waals surface area contributed by atoms with Crippen LogP contribution >= 0.6 is 0 Å². The van der Waals surface area contributed by atoms with Gasteiger partial charge in [0.2, 0.25) is 0 Å². The van der Waals surface area contributed by atoms with Gasteiger partial charge >= 0.3 is 0 Å². The van der Waals surface area contributed by atoms with E-state index >= 15 is 0 Å². The molecule has 1 aliphatic heterocycles. The predicted molar refractivity (Wildman–Crippen MR) is 78.9 cm³/mol. The average Bonchev–Trinajstić information content (AvgIpc) is 2.96. The van der Waals surface area contributed by atoms with Crippen LogP contribution in [0.3, 0.4) is 0 Å². The number of hydrogen-bond acceptors (Lipinski definition) is 3. The predicted octanol–water partition coefficient (Wildman–Crippen LogP) is 3.26. The minimum Gasteiger partial charge on any atom is -0.463 e. The summed E-state index contributed by atoms with van der Waals surface area (Å²) in [7, 11) is 0. The second-order valence-corrected chi connectivity index (χ2v) is 6.43. The van der Waals surface area contributed by atoms with E-state index in [0.29, 0.717) is 6.04 Å². The molecule has 1 aliphatic rings. The molecule has 0 radical (unpaired) electrons. The molecule has 2 heterocycles. The molecule has 1 N–H and O–H groups in total. The van der Waals surface area contributed by atoms with Crippen LogP contribution in [0.15, 0.2) is 16.5 Å². The molecule has 2 rings (SSSR count). The van der Waals surface area contributed by atoms with Crippen molar-refractivity contribution in [3.05, 3.63) is 23.7 Å². The van der Waals surface area contributed by atoms with Gasteiger partial charge in [0, 0.05) is 12.6 Å². The Morgan fingerprint density at radius 2 is 2.00 bits per heavy atom. The fourth-order valence-corrected chi connectivity index (χ4v) is 2.68. The summed E-state index contributed by atoms with van der Waals surface area (Å²) in [5.74, 6) is 3.80. The summed E-state index contributed by atoms with van der Waals surface area (Å²) in [4.78, 5) is 2.52. The first-order chi connectivity index (χ1) is 9.04. The van der Waals surface area contributed by atoms with Crippen molar-refractivity contribution in [3.8, 4) is 0 Å². The molecule has 3 nitrogen and oxygen atoms in total. The van der Waals surface area contributed by atoms with Gasteiger partial charge in [0.15, 0.2) is 0 Å². The number of furan rings is 1. The van der Waals surface area contributed by atoms with Crippen molar-refractivity contribution in [1.82, 2.24) is 10.2 Å². The summed E-state index contributed by atoms with van der Waals surface area (Å²) in [6.45, 7) is 13.2. The van der Waals surface area contributed by atoms with Gasteiger partial charge < -0.3 is 9.73 Å². The van der Waals surface area contributed by atoms with Crippen molar-refractivity contribution in [2.45, 2.75) is 53.2 Å². The normalized spacial score (nSPS) is 20.8. The first-order valence-corrected chi connectivity index (χ1v) is 7.58. The average molecular weight is 264 g/mol. The summed E-state index contributed by atoms with van der Waals surface area (Å²) >= 11 is 0. The summed E-state index contributed by atoms with van der Waals surface area (Å²) in [5.41, 5.74) is 0. The minimum absolute atomic E-state index is 0.499. The third-order valence-electron chi connectivity index (χ3n) is 4.03. The zero-order valence-corrected chi connectivity index (χ0v) is 12.8. The molecular formula is C16H28N2O. The third-order valence-corrected chi connectivity index (χ3v) is 4.03. The molecule has 1 aromatic rings. The van der Waals surface area contributed by atoms with E-state index in [0.717, 1.165) is 36.4 Å². The Morgan fingerprint density at radius 1 is 1.26 bits per heavy atom. The highest BCUT2D eigenvalue weighted by Crippen LogP contribution is 2.25. The van der Waals surface area contributed by atoms with Gasteiger partial charge in [0.25, 0.3) is 0 Å². The lowest BCUT2D eigenvalue weighted by Crippen LogP contribution is -2.22. The summed E-state index contributed by atoms with van der Waals surface area (Å²) in [5, 5.41) is 3.38. The Labute approximate surface area is 117 Å². The Balaban J connectivity index is 1.80. The maximum Gasteiger partial charge on any atom is 0.118 e. The summed E-state index contributed by atoms with van der Waals surface area (Å²) in [6, 6.07) is 4.72. The lowest BCUT2D eigenvalue weighted by Gasteiger charge is -2.16. The molecule has 19 heavy (non-hydrogen) atoms. The van der Waals surface area contributed by atoms with E-state index < -0.39 is 0 Å². The molecule has 1 saturated heterocycles. The molecule has 1 aromatic heterocycles. The fraction of sp³-hybridized carbons (Fsp3) is 0.750. The maximum absolute atomic E-state index is 5.89. The number of rotatable bonds is 6. The Hall–Kier alpha value is -0.800. The smallest absolute Gasteiger partial charge is 0.118 e. The molecule has 0 bridgehead atoms. The molecule has 1 atom stereocenters.